The van der Waals surface area contributed by atoms with E-state index in [-0.39, 0.29) is 47.4 Å². The number of anilines is 1. The molecule has 0 spiro atoms. The molecule has 1 saturated heterocycles. The molecule has 1 heterocycles. The summed E-state index contributed by atoms with van der Waals surface area (Å²) in [6.45, 7) is 2.31. The van der Waals surface area contributed by atoms with Gasteiger partial charge in [-0.15, -0.1) is 0 Å². The lowest BCUT2D eigenvalue weighted by atomic mass is 9.88. The first-order chi connectivity index (χ1) is 13.8. The van der Waals surface area contributed by atoms with E-state index in [1.807, 2.05) is 0 Å². The Labute approximate surface area is 168 Å². The molecule has 1 aliphatic carbocycles. The van der Waals surface area contributed by atoms with Crippen LogP contribution in [0.1, 0.15) is 43.2 Å². The lowest BCUT2D eigenvalue weighted by Gasteiger charge is -2.37. The van der Waals surface area contributed by atoms with Gasteiger partial charge in [-0.25, -0.2) is 0 Å². The first-order valence-electron chi connectivity index (χ1n) is 9.95. The molecule has 0 bridgehead atoms. The van der Waals surface area contributed by atoms with E-state index >= 15 is 0 Å². The molecular weight excluding hydrogens is 380 g/mol. The van der Waals surface area contributed by atoms with Crippen molar-refractivity contribution in [1.29, 1.82) is 0 Å². The molecule has 2 aliphatic rings. The number of amides is 1. The van der Waals surface area contributed by atoms with Crippen LogP contribution in [0.2, 0.25) is 0 Å². The molecule has 10 nitrogen and oxygen atoms in total. The highest BCUT2D eigenvalue weighted by atomic mass is 16.6. The molecule has 0 radical (unpaired) electrons. The Morgan fingerprint density at radius 1 is 1.10 bits per heavy atom. The minimum absolute atomic E-state index is 0.0422. The van der Waals surface area contributed by atoms with E-state index in [9.17, 15) is 30.1 Å². The smallest absolute Gasteiger partial charge is 0.302 e. The van der Waals surface area contributed by atoms with Gasteiger partial charge in [-0.05, 0) is 25.3 Å². The Kier molecular flexibility index (Phi) is 6.31. The van der Waals surface area contributed by atoms with Crippen LogP contribution in [0.5, 0.6) is 0 Å². The zero-order chi connectivity index (χ0) is 21.1. The molecule has 1 aromatic rings. The summed E-state index contributed by atoms with van der Waals surface area (Å²) in [5.41, 5.74) is -0.398. The molecule has 0 atom stereocenters. The quantitative estimate of drug-likeness (QED) is 0.587. The normalized spacial score (nSPS) is 18.0. The Morgan fingerprint density at radius 3 is 2.24 bits per heavy atom. The average Bonchev–Trinajstić information content (AvgIpc) is 2.73. The standard InChI is InChI=1S/C19H26N4O6/c1-13-15(12-24)11-16(22(26)27)18(17(13)23(28)29)20-7-9-21(10-8-20)19(25)14-5-3-2-4-6-14/h11,14,24H,2-10,12H2,1H3. The summed E-state index contributed by atoms with van der Waals surface area (Å²) < 4.78 is 0. The molecule has 0 unspecified atom stereocenters. The lowest BCUT2D eigenvalue weighted by molar-refractivity contribution is -0.393. The van der Waals surface area contributed by atoms with E-state index < -0.39 is 22.1 Å². The van der Waals surface area contributed by atoms with Crippen molar-refractivity contribution in [3.05, 3.63) is 37.4 Å². The summed E-state index contributed by atoms with van der Waals surface area (Å²) in [4.78, 5) is 38.2. The van der Waals surface area contributed by atoms with Crippen molar-refractivity contribution >= 4 is 23.0 Å². The number of carbonyl (C=O) groups is 1. The van der Waals surface area contributed by atoms with Crippen LogP contribution in [0.4, 0.5) is 17.1 Å². The SMILES string of the molecule is Cc1c(CO)cc([N+](=O)[O-])c(N2CCN(C(=O)C3CCCCC3)CC2)c1[N+](=O)[O-]. The van der Waals surface area contributed by atoms with Gasteiger partial charge in [-0.1, -0.05) is 19.3 Å². The van der Waals surface area contributed by atoms with Crippen LogP contribution in [0.25, 0.3) is 0 Å². The molecule has 10 heteroatoms. The Balaban J connectivity index is 1.86. The summed E-state index contributed by atoms with van der Waals surface area (Å²) in [6, 6.07) is 1.21. The number of rotatable bonds is 5. The third-order valence-electron chi connectivity index (χ3n) is 6.03. The highest BCUT2D eigenvalue weighted by molar-refractivity contribution is 5.81. The summed E-state index contributed by atoms with van der Waals surface area (Å²) in [7, 11) is 0. The van der Waals surface area contributed by atoms with Crippen LogP contribution in [0, 0.1) is 33.1 Å². The maximum Gasteiger partial charge on any atom is 0.302 e. The number of aliphatic hydroxyl groups is 1. The second kappa shape index (κ2) is 8.73. The van der Waals surface area contributed by atoms with Crippen LogP contribution in [0.15, 0.2) is 6.07 Å². The van der Waals surface area contributed by atoms with Crippen LogP contribution >= 0.6 is 0 Å². The molecule has 1 saturated carbocycles. The van der Waals surface area contributed by atoms with Crippen LogP contribution in [0.3, 0.4) is 0 Å². The third-order valence-corrected chi connectivity index (χ3v) is 6.03. The van der Waals surface area contributed by atoms with E-state index in [1.165, 1.54) is 13.0 Å². The minimum atomic E-state index is -0.652. The predicted molar refractivity (Wildman–Crippen MR) is 106 cm³/mol. The number of nitro groups is 2. The number of hydrogen-bond acceptors (Lipinski definition) is 7. The fourth-order valence-electron chi connectivity index (χ4n) is 4.39. The van der Waals surface area contributed by atoms with Gasteiger partial charge in [-0.2, -0.15) is 0 Å². The Morgan fingerprint density at radius 2 is 1.72 bits per heavy atom. The molecule has 1 amide bonds. The number of carbonyl (C=O) groups excluding carboxylic acids is 1. The number of benzene rings is 1. The minimum Gasteiger partial charge on any atom is -0.392 e. The van der Waals surface area contributed by atoms with Gasteiger partial charge in [0.25, 0.3) is 5.69 Å². The predicted octanol–water partition coefficient (Wildman–Crippen LogP) is 2.53. The van der Waals surface area contributed by atoms with E-state index in [2.05, 4.69) is 0 Å². The monoisotopic (exact) mass is 406 g/mol. The fourth-order valence-corrected chi connectivity index (χ4v) is 4.39. The molecule has 29 heavy (non-hydrogen) atoms. The highest BCUT2D eigenvalue weighted by Crippen LogP contribution is 2.42. The number of nitrogens with zero attached hydrogens (tertiary/aromatic N) is 4. The Bertz CT molecular complexity index is 813. The average molecular weight is 406 g/mol. The number of piperazine rings is 1. The van der Waals surface area contributed by atoms with Crippen LogP contribution in [-0.2, 0) is 11.4 Å². The zero-order valence-corrected chi connectivity index (χ0v) is 16.5. The molecule has 1 N–H and O–H groups in total. The topological polar surface area (TPSA) is 130 Å². The maximum absolute atomic E-state index is 12.7. The number of hydrogen-bond donors (Lipinski definition) is 1. The first-order valence-corrected chi connectivity index (χ1v) is 9.95. The second-order valence-corrected chi connectivity index (χ2v) is 7.70. The van der Waals surface area contributed by atoms with Crippen molar-refractivity contribution < 1.29 is 19.7 Å². The highest BCUT2D eigenvalue weighted by Gasteiger charge is 2.36. The van der Waals surface area contributed by atoms with E-state index in [0.717, 1.165) is 32.1 Å². The lowest BCUT2D eigenvalue weighted by Crippen LogP contribution is -2.50. The van der Waals surface area contributed by atoms with Crippen molar-refractivity contribution in [2.24, 2.45) is 5.92 Å². The molecule has 1 aliphatic heterocycles. The van der Waals surface area contributed by atoms with E-state index in [4.69, 9.17) is 0 Å². The third kappa shape index (κ3) is 4.16. The Hall–Kier alpha value is -2.75. The molecule has 1 aromatic carbocycles. The van der Waals surface area contributed by atoms with E-state index in [1.54, 1.807) is 9.80 Å². The summed E-state index contributed by atoms with van der Waals surface area (Å²) >= 11 is 0. The van der Waals surface area contributed by atoms with Gasteiger partial charge in [0, 0.05) is 43.7 Å². The molecule has 3 rings (SSSR count). The van der Waals surface area contributed by atoms with Gasteiger partial charge in [-0.3, -0.25) is 25.0 Å². The second-order valence-electron chi connectivity index (χ2n) is 7.70. The van der Waals surface area contributed by atoms with Crippen molar-refractivity contribution in [3.8, 4) is 0 Å². The summed E-state index contributed by atoms with van der Waals surface area (Å²) in [5, 5.41) is 32.8. The zero-order valence-electron chi connectivity index (χ0n) is 16.5. The van der Waals surface area contributed by atoms with Crippen molar-refractivity contribution in [1.82, 2.24) is 4.90 Å². The van der Waals surface area contributed by atoms with Crippen LogP contribution in [-0.4, -0.2) is 51.9 Å². The van der Waals surface area contributed by atoms with Gasteiger partial charge < -0.3 is 14.9 Å². The van der Waals surface area contributed by atoms with Crippen molar-refractivity contribution in [3.63, 3.8) is 0 Å². The number of aliphatic hydroxyl groups excluding tert-OH is 1. The van der Waals surface area contributed by atoms with Crippen molar-refractivity contribution in [2.75, 3.05) is 31.1 Å². The van der Waals surface area contributed by atoms with Gasteiger partial charge in [0.05, 0.1) is 16.5 Å². The molecule has 2 fully saturated rings. The fraction of sp³-hybridized carbons (Fsp3) is 0.632. The van der Waals surface area contributed by atoms with Gasteiger partial charge in [0.15, 0.2) is 5.69 Å². The molecule has 158 valence electrons. The van der Waals surface area contributed by atoms with Gasteiger partial charge >= 0.3 is 5.69 Å². The van der Waals surface area contributed by atoms with Gasteiger partial charge in [0.2, 0.25) is 5.91 Å². The van der Waals surface area contributed by atoms with Gasteiger partial charge in [0.1, 0.15) is 0 Å². The largest absolute Gasteiger partial charge is 0.392 e. The van der Waals surface area contributed by atoms with Crippen molar-refractivity contribution in [2.45, 2.75) is 45.6 Å². The molecule has 0 aromatic heterocycles. The van der Waals surface area contributed by atoms with Crippen LogP contribution < -0.4 is 4.90 Å². The summed E-state index contributed by atoms with van der Waals surface area (Å²) in [5.74, 6) is 0.171. The first kappa shape index (κ1) is 21.0. The molecular formula is C19H26N4O6. The number of nitro benzene ring substituents is 2. The van der Waals surface area contributed by atoms with E-state index in [0.29, 0.717) is 13.1 Å². The maximum atomic E-state index is 12.7. The summed E-state index contributed by atoms with van der Waals surface area (Å²) in [6.07, 6.45) is 5.08.